The number of carbonyl (C=O) groups excluding carboxylic acids is 1. The van der Waals surface area contributed by atoms with Crippen molar-refractivity contribution in [2.24, 2.45) is 0 Å². The van der Waals surface area contributed by atoms with Gasteiger partial charge in [0.1, 0.15) is 5.75 Å². The summed E-state index contributed by atoms with van der Waals surface area (Å²) >= 11 is 3.04. The lowest BCUT2D eigenvalue weighted by Gasteiger charge is -2.00. The van der Waals surface area contributed by atoms with Crippen LogP contribution in [0, 0.1) is 0 Å². The molecule has 0 aliphatic heterocycles. The van der Waals surface area contributed by atoms with Crippen molar-refractivity contribution in [1.29, 1.82) is 0 Å². The fourth-order valence-corrected chi connectivity index (χ4v) is 3.96. The van der Waals surface area contributed by atoms with Crippen LogP contribution in [-0.2, 0) is 11.2 Å². The van der Waals surface area contributed by atoms with Crippen LogP contribution >= 0.6 is 22.7 Å². The molecule has 2 heterocycles. The van der Waals surface area contributed by atoms with Gasteiger partial charge in [-0.2, -0.15) is 0 Å². The number of hydrogen-bond donors (Lipinski definition) is 1. The number of fused-ring (bicyclic) bond motifs is 1. The summed E-state index contributed by atoms with van der Waals surface area (Å²) in [5, 5.41) is 6.46. The maximum absolute atomic E-state index is 12.2. The number of nitrogens with zero attached hydrogens (tertiary/aromatic N) is 2. The molecular formula is C17H19N3O2S2. The fraction of sp³-hybridized carbons (Fsp3) is 0.353. The Labute approximate surface area is 148 Å². The van der Waals surface area contributed by atoms with Crippen molar-refractivity contribution < 1.29 is 9.53 Å². The Bertz CT molecular complexity index is 855. The van der Waals surface area contributed by atoms with E-state index in [4.69, 9.17) is 4.74 Å². The number of nitrogens with one attached hydrogen (secondary N) is 1. The van der Waals surface area contributed by atoms with E-state index in [1.165, 1.54) is 11.3 Å². The topological polar surface area (TPSA) is 64.1 Å². The molecule has 126 valence electrons. The quantitative estimate of drug-likeness (QED) is 0.704. The van der Waals surface area contributed by atoms with Gasteiger partial charge in [-0.3, -0.25) is 4.79 Å². The van der Waals surface area contributed by atoms with Crippen LogP contribution in [0.2, 0.25) is 0 Å². The minimum Gasteiger partial charge on any atom is -0.494 e. The number of ether oxygens (including phenoxy) is 1. The predicted octanol–water partition coefficient (Wildman–Crippen LogP) is 4.46. The van der Waals surface area contributed by atoms with Crippen LogP contribution in [-0.4, -0.2) is 22.5 Å². The van der Waals surface area contributed by atoms with Gasteiger partial charge in [0.25, 0.3) is 0 Å². The third kappa shape index (κ3) is 3.91. The van der Waals surface area contributed by atoms with Crippen LogP contribution < -0.4 is 10.1 Å². The molecule has 2 aromatic heterocycles. The number of aromatic nitrogens is 2. The van der Waals surface area contributed by atoms with Crippen molar-refractivity contribution in [3.8, 4) is 5.75 Å². The number of hydrogen-bond acceptors (Lipinski definition) is 6. The van der Waals surface area contributed by atoms with Gasteiger partial charge in [0.15, 0.2) is 5.13 Å². The molecule has 1 aromatic carbocycles. The lowest BCUT2D eigenvalue weighted by atomic mass is 10.2. The van der Waals surface area contributed by atoms with E-state index in [1.54, 1.807) is 11.3 Å². The number of amides is 1. The van der Waals surface area contributed by atoms with E-state index in [0.717, 1.165) is 26.7 Å². The lowest BCUT2D eigenvalue weighted by Crippen LogP contribution is -2.14. The maximum atomic E-state index is 12.2. The molecule has 0 aliphatic rings. The van der Waals surface area contributed by atoms with Crippen molar-refractivity contribution in [3.05, 3.63) is 34.3 Å². The molecule has 7 heteroatoms. The summed E-state index contributed by atoms with van der Waals surface area (Å²) in [6, 6.07) is 5.74. The van der Waals surface area contributed by atoms with E-state index in [0.29, 0.717) is 17.7 Å². The summed E-state index contributed by atoms with van der Waals surface area (Å²) in [6.07, 6.45) is 0.267. The SMILES string of the molecule is CCOc1ccc2nc(NC(=O)Cc3csc(C(C)C)n3)sc2c1. The van der Waals surface area contributed by atoms with Gasteiger partial charge < -0.3 is 10.1 Å². The predicted molar refractivity (Wildman–Crippen MR) is 99.3 cm³/mol. The van der Waals surface area contributed by atoms with Crippen LogP contribution in [0.1, 0.15) is 37.4 Å². The standard InChI is InChI=1S/C17H19N3O2S2/c1-4-22-12-5-6-13-14(8-12)24-17(19-13)20-15(21)7-11-9-23-16(18-11)10(2)3/h5-6,8-10H,4,7H2,1-3H3,(H,19,20,21). The Hall–Kier alpha value is -1.99. The summed E-state index contributed by atoms with van der Waals surface area (Å²) in [4.78, 5) is 21.1. The minimum atomic E-state index is -0.0975. The first kappa shape index (κ1) is 16.9. The molecule has 0 bridgehead atoms. The third-order valence-corrected chi connectivity index (χ3v) is 5.45. The Kier molecular flexibility index (Phi) is 5.11. The number of anilines is 1. The molecule has 0 fully saturated rings. The van der Waals surface area contributed by atoms with Gasteiger partial charge in [0.2, 0.25) is 5.91 Å². The molecule has 0 aliphatic carbocycles. The largest absolute Gasteiger partial charge is 0.494 e. The summed E-state index contributed by atoms with van der Waals surface area (Å²) in [6.45, 7) is 6.77. The van der Waals surface area contributed by atoms with Crippen molar-refractivity contribution in [2.75, 3.05) is 11.9 Å². The summed E-state index contributed by atoms with van der Waals surface area (Å²) in [5.41, 5.74) is 1.66. The van der Waals surface area contributed by atoms with E-state index < -0.39 is 0 Å². The smallest absolute Gasteiger partial charge is 0.232 e. The fourth-order valence-electron chi connectivity index (χ4n) is 2.21. The minimum absolute atomic E-state index is 0.0975. The highest BCUT2D eigenvalue weighted by atomic mass is 32.1. The van der Waals surface area contributed by atoms with Crippen LogP contribution in [0.3, 0.4) is 0 Å². The average Bonchev–Trinajstić information content (AvgIpc) is 3.13. The zero-order valence-corrected chi connectivity index (χ0v) is 15.5. The van der Waals surface area contributed by atoms with Gasteiger partial charge in [0.05, 0.1) is 33.9 Å². The van der Waals surface area contributed by atoms with E-state index in [9.17, 15) is 4.79 Å². The molecule has 0 saturated carbocycles. The summed E-state index contributed by atoms with van der Waals surface area (Å²) < 4.78 is 6.48. The first-order valence-corrected chi connectivity index (χ1v) is 9.52. The van der Waals surface area contributed by atoms with Crippen molar-refractivity contribution >= 4 is 43.9 Å². The molecule has 5 nitrogen and oxygen atoms in total. The third-order valence-electron chi connectivity index (χ3n) is 3.32. The second-order valence-electron chi connectivity index (χ2n) is 5.64. The lowest BCUT2D eigenvalue weighted by molar-refractivity contribution is -0.115. The Morgan fingerprint density at radius 2 is 2.17 bits per heavy atom. The van der Waals surface area contributed by atoms with E-state index in [1.807, 2.05) is 30.5 Å². The Morgan fingerprint density at radius 3 is 2.88 bits per heavy atom. The molecule has 3 aromatic rings. The molecule has 0 radical (unpaired) electrons. The van der Waals surface area contributed by atoms with Gasteiger partial charge in [0, 0.05) is 11.3 Å². The first-order valence-electron chi connectivity index (χ1n) is 7.82. The van der Waals surface area contributed by atoms with Crippen molar-refractivity contribution in [1.82, 2.24) is 9.97 Å². The molecule has 0 saturated heterocycles. The Morgan fingerprint density at radius 1 is 1.33 bits per heavy atom. The highest BCUT2D eigenvalue weighted by Gasteiger charge is 2.12. The molecule has 1 N–H and O–H groups in total. The van der Waals surface area contributed by atoms with Crippen LogP contribution in [0.5, 0.6) is 5.75 Å². The highest BCUT2D eigenvalue weighted by molar-refractivity contribution is 7.22. The summed E-state index contributed by atoms with van der Waals surface area (Å²) in [7, 11) is 0. The molecule has 1 amide bonds. The summed E-state index contributed by atoms with van der Waals surface area (Å²) in [5.74, 6) is 1.10. The van der Waals surface area contributed by atoms with Gasteiger partial charge in [-0.05, 0) is 25.1 Å². The maximum Gasteiger partial charge on any atom is 0.232 e. The number of benzene rings is 1. The number of carbonyl (C=O) groups is 1. The van der Waals surface area contributed by atoms with Crippen LogP contribution in [0.15, 0.2) is 23.6 Å². The molecule has 0 atom stereocenters. The van der Waals surface area contributed by atoms with Crippen LogP contribution in [0.25, 0.3) is 10.2 Å². The van der Waals surface area contributed by atoms with E-state index in [-0.39, 0.29) is 12.3 Å². The molecule has 3 rings (SSSR count). The van der Waals surface area contributed by atoms with E-state index >= 15 is 0 Å². The molecule has 24 heavy (non-hydrogen) atoms. The average molecular weight is 361 g/mol. The Balaban J connectivity index is 1.68. The second-order valence-corrected chi connectivity index (χ2v) is 7.56. The molecule has 0 unspecified atom stereocenters. The van der Waals surface area contributed by atoms with Crippen molar-refractivity contribution in [2.45, 2.75) is 33.1 Å². The van der Waals surface area contributed by atoms with Gasteiger partial charge in [-0.25, -0.2) is 9.97 Å². The van der Waals surface area contributed by atoms with Gasteiger partial charge in [-0.1, -0.05) is 25.2 Å². The van der Waals surface area contributed by atoms with Crippen LogP contribution in [0.4, 0.5) is 5.13 Å². The van der Waals surface area contributed by atoms with Gasteiger partial charge in [-0.15, -0.1) is 11.3 Å². The molecular weight excluding hydrogens is 342 g/mol. The zero-order chi connectivity index (χ0) is 17.1. The second kappa shape index (κ2) is 7.27. The van der Waals surface area contributed by atoms with E-state index in [2.05, 4.69) is 29.1 Å². The number of thiazole rings is 2. The first-order chi connectivity index (χ1) is 11.5. The van der Waals surface area contributed by atoms with Crippen molar-refractivity contribution in [3.63, 3.8) is 0 Å². The zero-order valence-electron chi connectivity index (χ0n) is 13.8. The highest BCUT2D eigenvalue weighted by Crippen LogP contribution is 2.29. The monoisotopic (exact) mass is 361 g/mol. The molecule has 0 spiro atoms. The normalized spacial score (nSPS) is 11.2. The van der Waals surface area contributed by atoms with Gasteiger partial charge >= 0.3 is 0 Å². The number of rotatable bonds is 6.